The molecule has 0 aliphatic rings. The zero-order chi connectivity index (χ0) is 24.0. The molecule has 0 unspecified atom stereocenters. The molecule has 0 fully saturated rings. The molecule has 0 radical (unpaired) electrons. The molecular formula is C26H24ClN3O3S. The highest BCUT2D eigenvalue weighted by atomic mass is 35.5. The largest absolute Gasteiger partial charge is 0.370 e. The van der Waals surface area contributed by atoms with Gasteiger partial charge in [-0.15, -0.1) is 6.58 Å². The van der Waals surface area contributed by atoms with Crippen molar-refractivity contribution in [2.24, 2.45) is 0 Å². The Morgan fingerprint density at radius 1 is 0.941 bits per heavy atom. The molecule has 3 aromatic carbocycles. The summed E-state index contributed by atoms with van der Waals surface area (Å²) >= 11 is 6.10. The van der Waals surface area contributed by atoms with E-state index in [0.717, 1.165) is 16.8 Å². The first-order valence-electron chi connectivity index (χ1n) is 10.6. The van der Waals surface area contributed by atoms with Gasteiger partial charge in [0.1, 0.15) is 0 Å². The smallest absolute Gasteiger partial charge is 0.263 e. The van der Waals surface area contributed by atoms with Gasteiger partial charge in [-0.3, -0.25) is 9.40 Å². The number of rotatable bonds is 10. The van der Waals surface area contributed by atoms with Gasteiger partial charge in [-0.25, -0.2) is 8.42 Å². The molecule has 0 saturated carbocycles. The van der Waals surface area contributed by atoms with Crippen LogP contribution in [0.3, 0.4) is 0 Å². The van der Waals surface area contributed by atoms with Crippen molar-refractivity contribution < 1.29 is 13.2 Å². The van der Waals surface area contributed by atoms with Crippen LogP contribution in [0.25, 0.3) is 11.1 Å². The van der Waals surface area contributed by atoms with Crippen LogP contribution < -0.4 is 4.72 Å². The van der Waals surface area contributed by atoms with E-state index >= 15 is 0 Å². The lowest BCUT2D eigenvalue weighted by atomic mass is 10.1. The summed E-state index contributed by atoms with van der Waals surface area (Å²) in [5, 5.41) is 5.16. The van der Waals surface area contributed by atoms with E-state index in [-0.39, 0.29) is 17.3 Å². The van der Waals surface area contributed by atoms with Gasteiger partial charge in [0.05, 0.1) is 35.9 Å². The van der Waals surface area contributed by atoms with Crippen molar-refractivity contribution in [3.8, 4) is 11.1 Å². The number of allylic oxidation sites excluding steroid dienone is 1. The number of benzene rings is 3. The molecule has 0 aliphatic heterocycles. The van der Waals surface area contributed by atoms with Crippen molar-refractivity contribution in [3.63, 3.8) is 0 Å². The number of hydrogen-bond acceptors (Lipinski definition) is 4. The molecule has 0 bridgehead atoms. The topological polar surface area (TPSA) is 73.2 Å². The van der Waals surface area contributed by atoms with Crippen LogP contribution in [0.4, 0.5) is 5.82 Å². The Balaban J connectivity index is 1.74. The monoisotopic (exact) mass is 493 g/mol. The van der Waals surface area contributed by atoms with Gasteiger partial charge in [0.2, 0.25) is 0 Å². The second-order valence-electron chi connectivity index (χ2n) is 7.54. The third-order valence-corrected chi connectivity index (χ3v) is 6.73. The van der Waals surface area contributed by atoms with E-state index in [1.807, 2.05) is 42.5 Å². The predicted octanol–water partition coefficient (Wildman–Crippen LogP) is 5.91. The number of aromatic nitrogens is 2. The van der Waals surface area contributed by atoms with Crippen LogP contribution in [-0.2, 0) is 34.5 Å². The Bertz CT molecular complexity index is 1350. The van der Waals surface area contributed by atoms with Gasteiger partial charge in [-0.05, 0) is 35.4 Å². The standard InChI is InChI=1S/C26H24ClN3O3S/c1-2-17-30-24(19-33-18-20-9-5-3-6-10-20)25(21-13-15-22(27)16-14-21)26(28-30)29-34(31,32)23-11-7-4-8-12-23/h2-16H,1,17-19H2,(H,28,29). The van der Waals surface area contributed by atoms with E-state index < -0.39 is 10.0 Å². The summed E-state index contributed by atoms with van der Waals surface area (Å²) in [5.41, 5.74) is 3.16. The highest BCUT2D eigenvalue weighted by molar-refractivity contribution is 7.92. The number of ether oxygens (including phenoxy) is 1. The first-order chi connectivity index (χ1) is 16.5. The number of halogens is 1. The average molecular weight is 494 g/mol. The Hall–Kier alpha value is -3.39. The Labute approximate surface area is 204 Å². The maximum atomic E-state index is 13.1. The molecule has 8 heteroatoms. The summed E-state index contributed by atoms with van der Waals surface area (Å²) in [4.78, 5) is 0.150. The Kier molecular flexibility index (Phi) is 7.47. The van der Waals surface area contributed by atoms with E-state index in [1.54, 1.807) is 41.1 Å². The predicted molar refractivity (Wildman–Crippen MR) is 135 cm³/mol. The molecule has 174 valence electrons. The Morgan fingerprint density at radius 3 is 2.24 bits per heavy atom. The first kappa shape index (κ1) is 23.8. The van der Waals surface area contributed by atoms with Gasteiger partial charge in [-0.2, -0.15) is 5.10 Å². The summed E-state index contributed by atoms with van der Waals surface area (Å²) in [5.74, 6) is 0.214. The summed E-state index contributed by atoms with van der Waals surface area (Å²) < 4.78 is 36.5. The van der Waals surface area contributed by atoms with Gasteiger partial charge in [0.15, 0.2) is 5.82 Å². The van der Waals surface area contributed by atoms with Gasteiger partial charge in [0, 0.05) is 5.02 Å². The minimum atomic E-state index is -3.85. The van der Waals surface area contributed by atoms with Crippen molar-refractivity contribution in [1.82, 2.24) is 9.78 Å². The van der Waals surface area contributed by atoms with Crippen molar-refractivity contribution in [3.05, 3.63) is 114 Å². The number of nitrogens with one attached hydrogen (secondary N) is 1. The van der Waals surface area contributed by atoms with Crippen LogP contribution in [-0.4, -0.2) is 18.2 Å². The van der Waals surface area contributed by atoms with Crippen molar-refractivity contribution >= 4 is 27.4 Å². The third-order valence-electron chi connectivity index (χ3n) is 5.13. The normalized spacial score (nSPS) is 11.3. The molecule has 0 saturated heterocycles. The van der Waals surface area contributed by atoms with Crippen LogP contribution in [0.15, 0.2) is 102 Å². The molecule has 0 spiro atoms. The minimum Gasteiger partial charge on any atom is -0.370 e. The molecule has 1 heterocycles. The van der Waals surface area contributed by atoms with Crippen LogP contribution in [0.2, 0.25) is 5.02 Å². The number of hydrogen-bond donors (Lipinski definition) is 1. The SMILES string of the molecule is C=CCn1nc(NS(=O)(=O)c2ccccc2)c(-c2ccc(Cl)cc2)c1COCc1ccccc1. The number of sulfonamides is 1. The average Bonchev–Trinajstić information content (AvgIpc) is 3.17. The fourth-order valence-corrected chi connectivity index (χ4v) is 4.69. The number of nitrogens with zero attached hydrogens (tertiary/aromatic N) is 2. The molecule has 0 amide bonds. The first-order valence-corrected chi connectivity index (χ1v) is 12.5. The van der Waals surface area contributed by atoms with Crippen molar-refractivity contribution in [2.45, 2.75) is 24.7 Å². The van der Waals surface area contributed by atoms with E-state index in [1.165, 1.54) is 12.1 Å². The summed E-state index contributed by atoms with van der Waals surface area (Å²) in [7, 11) is -3.85. The molecule has 1 N–H and O–H groups in total. The van der Waals surface area contributed by atoms with Gasteiger partial charge < -0.3 is 4.74 Å². The zero-order valence-electron chi connectivity index (χ0n) is 18.4. The molecule has 0 atom stereocenters. The van der Waals surface area contributed by atoms with Gasteiger partial charge in [0.25, 0.3) is 10.0 Å². The van der Waals surface area contributed by atoms with Crippen LogP contribution in [0.1, 0.15) is 11.3 Å². The van der Waals surface area contributed by atoms with Gasteiger partial charge >= 0.3 is 0 Å². The Morgan fingerprint density at radius 2 is 1.59 bits per heavy atom. The molecule has 4 rings (SSSR count). The lowest BCUT2D eigenvalue weighted by molar-refractivity contribution is 0.102. The van der Waals surface area contributed by atoms with Crippen LogP contribution >= 0.6 is 11.6 Å². The van der Waals surface area contributed by atoms with E-state index in [4.69, 9.17) is 16.3 Å². The zero-order valence-corrected chi connectivity index (χ0v) is 20.0. The maximum Gasteiger partial charge on any atom is 0.263 e. The molecule has 6 nitrogen and oxygen atoms in total. The fraction of sp³-hybridized carbons (Fsp3) is 0.115. The minimum absolute atomic E-state index is 0.150. The molecule has 1 aromatic heterocycles. The third kappa shape index (κ3) is 5.56. The van der Waals surface area contributed by atoms with Gasteiger partial charge in [-0.1, -0.05) is 78.3 Å². The van der Waals surface area contributed by atoms with E-state index in [9.17, 15) is 8.42 Å². The number of anilines is 1. The molecular weight excluding hydrogens is 470 g/mol. The second kappa shape index (κ2) is 10.7. The fourth-order valence-electron chi connectivity index (χ4n) is 3.53. The summed E-state index contributed by atoms with van der Waals surface area (Å²) in [6.07, 6.45) is 1.70. The molecule has 34 heavy (non-hydrogen) atoms. The van der Waals surface area contributed by atoms with E-state index in [0.29, 0.717) is 23.7 Å². The van der Waals surface area contributed by atoms with E-state index in [2.05, 4.69) is 16.4 Å². The van der Waals surface area contributed by atoms with Crippen molar-refractivity contribution in [1.29, 1.82) is 0 Å². The van der Waals surface area contributed by atoms with Crippen LogP contribution in [0, 0.1) is 0 Å². The molecule has 4 aromatic rings. The lowest BCUT2D eigenvalue weighted by Crippen LogP contribution is -2.14. The van der Waals surface area contributed by atoms with Crippen molar-refractivity contribution in [2.75, 3.05) is 4.72 Å². The highest BCUT2D eigenvalue weighted by Gasteiger charge is 2.24. The maximum absolute atomic E-state index is 13.1. The molecule has 0 aliphatic carbocycles. The highest BCUT2D eigenvalue weighted by Crippen LogP contribution is 2.34. The van der Waals surface area contributed by atoms with Crippen LogP contribution in [0.5, 0.6) is 0 Å². The second-order valence-corrected chi connectivity index (χ2v) is 9.66. The summed E-state index contributed by atoms with van der Waals surface area (Å²) in [6, 6.07) is 25.2. The quantitative estimate of drug-likeness (QED) is 0.279. The summed E-state index contributed by atoms with van der Waals surface area (Å²) in [6.45, 7) is 4.83. The lowest BCUT2D eigenvalue weighted by Gasteiger charge is -2.11.